The van der Waals surface area contributed by atoms with E-state index in [9.17, 15) is 19.8 Å². The summed E-state index contributed by atoms with van der Waals surface area (Å²) in [7, 11) is 0. The molecule has 1 saturated carbocycles. The highest BCUT2D eigenvalue weighted by Gasteiger charge is 2.69. The monoisotopic (exact) mass is 433 g/mol. The Morgan fingerprint density at radius 1 is 1.45 bits per heavy atom. The molecule has 170 valence electrons. The Kier molecular flexibility index (Phi) is 5.74. The molecule has 3 aliphatic rings. The minimum atomic E-state index is -0.989. The first-order valence-corrected chi connectivity index (χ1v) is 11.1. The Balaban J connectivity index is 1.72. The molecule has 0 spiro atoms. The van der Waals surface area contributed by atoms with Gasteiger partial charge in [0.05, 0.1) is 23.2 Å². The van der Waals surface area contributed by atoms with Crippen molar-refractivity contribution in [2.45, 2.75) is 88.1 Å². The lowest BCUT2D eigenvalue weighted by Gasteiger charge is -2.57. The molecule has 4 N–H and O–H groups in total. The van der Waals surface area contributed by atoms with Crippen molar-refractivity contribution in [1.29, 1.82) is 0 Å². The van der Waals surface area contributed by atoms with Crippen LogP contribution in [0.5, 0.6) is 11.5 Å². The molecule has 1 fully saturated rings. The van der Waals surface area contributed by atoms with Gasteiger partial charge in [-0.1, -0.05) is 26.3 Å². The molecular formula is C23H31NO7. The van der Waals surface area contributed by atoms with Crippen molar-refractivity contribution in [3.63, 3.8) is 0 Å². The summed E-state index contributed by atoms with van der Waals surface area (Å²) in [6, 6.07) is 2.94. The first kappa shape index (κ1) is 22.0. The smallest absolute Gasteiger partial charge is 0.303 e. The number of carboxylic acid groups (broad SMARTS) is 1. The molecule has 4 rings (SSSR count). The summed E-state index contributed by atoms with van der Waals surface area (Å²) >= 11 is 0. The summed E-state index contributed by atoms with van der Waals surface area (Å²) in [5.74, 6) is -0.0960. The Labute approximate surface area is 181 Å². The zero-order chi connectivity index (χ0) is 22.4. The zero-order valence-corrected chi connectivity index (χ0v) is 18.0. The van der Waals surface area contributed by atoms with E-state index < -0.39 is 35.2 Å². The molecule has 1 aliphatic heterocycles. The second-order valence-electron chi connectivity index (χ2n) is 9.22. The van der Waals surface area contributed by atoms with E-state index in [2.05, 4.69) is 19.3 Å². The quantitative estimate of drug-likeness (QED) is 0.344. The molecular weight excluding hydrogens is 402 g/mol. The summed E-state index contributed by atoms with van der Waals surface area (Å²) in [5, 5.41) is 31.6. The van der Waals surface area contributed by atoms with Crippen LogP contribution in [-0.4, -0.2) is 51.4 Å². The maximum Gasteiger partial charge on any atom is 0.303 e. The zero-order valence-electron chi connectivity index (χ0n) is 18.0. The lowest BCUT2D eigenvalue weighted by atomic mass is 9.49. The summed E-state index contributed by atoms with van der Waals surface area (Å²) < 4.78 is 6.32. The number of hydrogen-bond acceptors (Lipinski definition) is 7. The molecule has 6 atom stereocenters. The highest BCUT2D eigenvalue weighted by Crippen LogP contribution is 2.64. The van der Waals surface area contributed by atoms with Crippen LogP contribution in [-0.2, 0) is 21.4 Å². The number of benzene rings is 1. The van der Waals surface area contributed by atoms with Gasteiger partial charge in [-0.3, -0.25) is 4.79 Å². The van der Waals surface area contributed by atoms with Gasteiger partial charge < -0.3 is 29.7 Å². The second-order valence-corrected chi connectivity index (χ2v) is 9.22. The van der Waals surface area contributed by atoms with Crippen molar-refractivity contribution < 1.29 is 34.5 Å². The van der Waals surface area contributed by atoms with Gasteiger partial charge in [0.1, 0.15) is 12.4 Å². The predicted octanol–water partition coefficient (Wildman–Crippen LogP) is 1.88. The van der Waals surface area contributed by atoms with E-state index in [-0.39, 0.29) is 18.8 Å². The SMILES string of the molecule is CCC[C@]12c3c4ccc(ON[C@H](C=O)CCC(=O)O)c3O[C@H]1[C@@H](O)CC[C@@]2(O)[C@H](C)C4. The third-order valence-electron chi connectivity index (χ3n) is 7.47. The first-order chi connectivity index (χ1) is 14.8. The number of carbonyl (C=O) groups excluding carboxylic acids is 1. The van der Waals surface area contributed by atoms with Gasteiger partial charge in [-0.05, 0) is 49.7 Å². The summed E-state index contributed by atoms with van der Waals surface area (Å²) in [5.41, 5.74) is 2.94. The van der Waals surface area contributed by atoms with Gasteiger partial charge in [0, 0.05) is 12.0 Å². The number of aliphatic hydroxyl groups excluding tert-OH is 1. The highest BCUT2D eigenvalue weighted by molar-refractivity contribution is 5.68. The molecule has 2 aliphatic carbocycles. The molecule has 0 bridgehead atoms. The fourth-order valence-corrected chi connectivity index (χ4v) is 6.08. The lowest BCUT2D eigenvalue weighted by molar-refractivity contribution is -0.177. The van der Waals surface area contributed by atoms with Crippen molar-refractivity contribution in [2.75, 3.05) is 0 Å². The van der Waals surface area contributed by atoms with Gasteiger partial charge in [-0.2, -0.15) is 0 Å². The van der Waals surface area contributed by atoms with Gasteiger partial charge >= 0.3 is 5.97 Å². The molecule has 0 saturated heterocycles. The van der Waals surface area contributed by atoms with E-state index in [0.717, 1.165) is 17.5 Å². The highest BCUT2D eigenvalue weighted by atomic mass is 16.7. The molecule has 0 unspecified atom stereocenters. The maximum absolute atomic E-state index is 11.9. The summed E-state index contributed by atoms with van der Waals surface area (Å²) in [6.07, 6.45) is 2.48. The van der Waals surface area contributed by atoms with Crippen LogP contribution in [0.25, 0.3) is 0 Å². The van der Waals surface area contributed by atoms with Crippen LogP contribution in [0.3, 0.4) is 0 Å². The lowest BCUT2D eigenvalue weighted by Crippen LogP contribution is -2.68. The standard InChI is InChI=1S/C23H31NO7/c1-3-9-22-19-14-4-6-17(31-24-15(12-25)5-7-18(27)28)20(19)30-21(22)16(26)8-10-23(22,29)13(2)11-14/h4,6,12-13,15-16,21,24,26,29H,3,5,7-11H2,1-2H3,(H,27,28)/t13-,15+,16+,21+,22+,23-/m1/s1. The normalized spacial score (nSPS) is 33.9. The minimum absolute atomic E-state index is 0.0245. The molecule has 8 nitrogen and oxygen atoms in total. The Bertz CT molecular complexity index is 874. The van der Waals surface area contributed by atoms with E-state index in [0.29, 0.717) is 43.5 Å². The third kappa shape index (κ3) is 3.23. The number of aliphatic hydroxyl groups is 2. The van der Waals surface area contributed by atoms with Gasteiger partial charge in [-0.15, -0.1) is 5.48 Å². The topological polar surface area (TPSA) is 125 Å². The van der Waals surface area contributed by atoms with Gasteiger partial charge in [0.25, 0.3) is 0 Å². The molecule has 1 heterocycles. The van der Waals surface area contributed by atoms with Crippen molar-refractivity contribution >= 4 is 12.3 Å². The number of hydroxylamine groups is 1. The van der Waals surface area contributed by atoms with Crippen molar-refractivity contribution in [3.05, 3.63) is 23.3 Å². The fourth-order valence-electron chi connectivity index (χ4n) is 6.08. The van der Waals surface area contributed by atoms with E-state index in [1.165, 1.54) is 0 Å². The molecule has 1 aromatic carbocycles. The molecule has 31 heavy (non-hydrogen) atoms. The number of aldehydes is 1. The van der Waals surface area contributed by atoms with Crippen molar-refractivity contribution in [1.82, 2.24) is 5.48 Å². The van der Waals surface area contributed by atoms with Crippen LogP contribution in [0.4, 0.5) is 0 Å². The molecule has 0 aromatic heterocycles. The van der Waals surface area contributed by atoms with Gasteiger partial charge in [0.15, 0.2) is 11.5 Å². The van der Waals surface area contributed by atoms with E-state index in [1.54, 1.807) is 6.07 Å². The van der Waals surface area contributed by atoms with Crippen LogP contribution < -0.4 is 15.1 Å². The number of hydrogen-bond donors (Lipinski definition) is 4. The van der Waals surface area contributed by atoms with Gasteiger partial charge in [0.2, 0.25) is 0 Å². The van der Waals surface area contributed by atoms with Crippen molar-refractivity contribution in [3.8, 4) is 11.5 Å². The van der Waals surface area contributed by atoms with Gasteiger partial charge in [-0.25, -0.2) is 0 Å². The Morgan fingerprint density at radius 2 is 2.23 bits per heavy atom. The fraction of sp³-hybridized carbons (Fsp3) is 0.652. The number of nitrogens with one attached hydrogen (secondary N) is 1. The van der Waals surface area contributed by atoms with Crippen LogP contribution >= 0.6 is 0 Å². The summed E-state index contributed by atoms with van der Waals surface area (Å²) in [4.78, 5) is 27.8. The van der Waals surface area contributed by atoms with E-state index in [4.69, 9.17) is 14.7 Å². The molecule has 1 aromatic rings. The Morgan fingerprint density at radius 3 is 2.90 bits per heavy atom. The molecule has 8 heteroatoms. The molecule has 0 amide bonds. The van der Waals surface area contributed by atoms with Crippen LogP contribution in [0.1, 0.15) is 63.5 Å². The van der Waals surface area contributed by atoms with Crippen molar-refractivity contribution in [2.24, 2.45) is 5.92 Å². The number of carboxylic acids is 1. The van der Waals surface area contributed by atoms with Crippen LogP contribution in [0.2, 0.25) is 0 Å². The summed E-state index contributed by atoms with van der Waals surface area (Å²) in [6.45, 7) is 4.13. The second kappa shape index (κ2) is 8.07. The number of rotatable bonds is 9. The number of carbonyl (C=O) groups is 2. The van der Waals surface area contributed by atoms with Crippen LogP contribution in [0, 0.1) is 5.92 Å². The first-order valence-electron chi connectivity index (χ1n) is 11.1. The minimum Gasteiger partial charge on any atom is -0.482 e. The number of ether oxygens (including phenoxy) is 1. The molecule has 0 radical (unpaired) electrons. The average Bonchev–Trinajstić information content (AvgIpc) is 3.09. The van der Waals surface area contributed by atoms with Crippen LogP contribution in [0.15, 0.2) is 12.1 Å². The van der Waals surface area contributed by atoms with E-state index in [1.807, 2.05) is 6.07 Å². The average molecular weight is 434 g/mol. The van der Waals surface area contributed by atoms with E-state index >= 15 is 0 Å². The number of aliphatic carboxylic acids is 1. The third-order valence-corrected chi connectivity index (χ3v) is 7.47. The predicted molar refractivity (Wildman–Crippen MR) is 111 cm³/mol. The maximum atomic E-state index is 11.9. The largest absolute Gasteiger partial charge is 0.482 e. The Hall–Kier alpha value is -2.16.